The number of unbranched alkanes of at least 4 members (excludes halogenated alkanes) is 1. The number of carboxylic acid groups (broad SMARTS) is 1. The molecule has 2 atom stereocenters. The van der Waals surface area contributed by atoms with Crippen molar-refractivity contribution < 1.29 is 18.7 Å². The second kappa shape index (κ2) is 11.3. The Morgan fingerprint density at radius 2 is 2.07 bits per heavy atom. The largest absolute Gasteiger partial charge is 0.769 e. The molecule has 90 valence electrons. The van der Waals surface area contributed by atoms with Crippen LogP contribution in [0.1, 0.15) is 19.3 Å². The normalized spacial score (nSPS) is 13.3. The van der Waals surface area contributed by atoms with Crippen molar-refractivity contribution in [1.82, 2.24) is 0 Å². The highest BCUT2D eigenvalue weighted by molar-refractivity contribution is 7.82. The van der Waals surface area contributed by atoms with E-state index in [0.29, 0.717) is 13.0 Å². The van der Waals surface area contributed by atoms with Crippen LogP contribution in [0, 0.1) is 0 Å². The maximum absolute atomic E-state index is 10.1. The van der Waals surface area contributed by atoms with Crippen molar-refractivity contribution in [3.05, 3.63) is 12.0 Å². The lowest BCUT2D eigenvalue weighted by molar-refractivity contribution is -0.138. The molecule has 0 aliphatic heterocycles. The molecular weight excluding hydrogens is 220 g/mol. The van der Waals surface area contributed by atoms with E-state index in [-0.39, 0.29) is 0 Å². The van der Waals surface area contributed by atoms with Gasteiger partial charge in [0.2, 0.25) is 0 Å². The summed E-state index contributed by atoms with van der Waals surface area (Å²) in [5, 5.41) is 9.16. The lowest BCUT2D eigenvalue weighted by atomic mass is 10.1. The molecule has 0 spiro atoms. The number of aliphatic carboxylic acids is 1. The Morgan fingerprint density at radius 1 is 1.60 bits per heavy atom. The molecule has 0 aliphatic rings. The second-order valence-corrected chi connectivity index (χ2v) is 3.51. The summed E-state index contributed by atoms with van der Waals surface area (Å²) in [5.41, 5.74) is 10.4. The zero-order chi connectivity index (χ0) is 12.3. The molecule has 5 N–H and O–H groups in total. The molecule has 0 aromatic heterocycles. The number of hydrogen-bond donors (Lipinski definition) is 3. The number of hydrogen-bond acceptors (Lipinski definition) is 5. The molecule has 0 bridgehead atoms. The lowest BCUT2D eigenvalue weighted by Crippen LogP contribution is -2.29. The van der Waals surface area contributed by atoms with E-state index in [1.165, 1.54) is 0 Å². The zero-order valence-corrected chi connectivity index (χ0v) is 9.24. The monoisotopic (exact) mass is 237 g/mol. The molecule has 0 rings (SSSR count). The predicted molar refractivity (Wildman–Crippen MR) is 57.6 cm³/mol. The Bertz CT molecular complexity index is 211. The summed E-state index contributed by atoms with van der Waals surface area (Å²) in [6.07, 6.45) is 2.16. The van der Waals surface area contributed by atoms with Crippen LogP contribution in [0.5, 0.6) is 0 Å². The van der Waals surface area contributed by atoms with Crippen molar-refractivity contribution in [2.24, 2.45) is 11.5 Å². The summed E-state index contributed by atoms with van der Waals surface area (Å²) < 4.78 is 18.5. The third-order valence-electron chi connectivity index (χ3n) is 1.42. The van der Waals surface area contributed by atoms with E-state index in [2.05, 4.69) is 6.58 Å². The summed E-state index contributed by atoms with van der Waals surface area (Å²) in [6, 6.07) is -0.716. The van der Waals surface area contributed by atoms with Crippen LogP contribution in [0.3, 0.4) is 0 Å². The fourth-order valence-electron chi connectivity index (χ4n) is 0.632. The van der Waals surface area contributed by atoms with Gasteiger partial charge < -0.3 is 21.1 Å². The van der Waals surface area contributed by atoms with E-state index < -0.39 is 23.1 Å². The summed E-state index contributed by atoms with van der Waals surface area (Å²) in [5.74, 6) is -0.933. The van der Waals surface area contributed by atoms with E-state index in [4.69, 9.17) is 16.6 Å². The minimum atomic E-state index is -2.06. The highest BCUT2D eigenvalue weighted by Crippen LogP contribution is 1.96. The van der Waals surface area contributed by atoms with E-state index >= 15 is 0 Å². The summed E-state index contributed by atoms with van der Waals surface area (Å²) in [6.45, 7) is 3.55. The number of carbonyl (C=O) groups is 1. The zero-order valence-electron chi connectivity index (χ0n) is 8.43. The third-order valence-corrected chi connectivity index (χ3v) is 1.69. The van der Waals surface area contributed by atoms with E-state index in [0.717, 1.165) is 18.2 Å². The molecule has 6 nitrogen and oxygen atoms in total. The molecule has 7 heteroatoms. The van der Waals surface area contributed by atoms with Gasteiger partial charge in [-0.2, -0.15) is 0 Å². The highest BCUT2D eigenvalue weighted by atomic mass is 32.2. The number of rotatable bonds is 6. The second-order valence-electron chi connectivity index (χ2n) is 2.66. The van der Waals surface area contributed by atoms with Gasteiger partial charge in [0.1, 0.15) is 6.04 Å². The van der Waals surface area contributed by atoms with Gasteiger partial charge in [0.25, 0.3) is 0 Å². The number of carboxylic acids is 1. The number of nitrogens with two attached hydrogens (primary N) is 2. The molecule has 0 aromatic rings. The van der Waals surface area contributed by atoms with Crippen LogP contribution in [0.4, 0.5) is 0 Å². The molecule has 0 aromatic carbocycles. The fourth-order valence-corrected chi connectivity index (χ4v) is 0.632. The van der Waals surface area contributed by atoms with Crippen LogP contribution in [0.2, 0.25) is 0 Å². The Hall–Kier alpha value is -0.760. The Morgan fingerprint density at radius 3 is 2.33 bits per heavy atom. The van der Waals surface area contributed by atoms with Gasteiger partial charge in [-0.3, -0.25) is 9.00 Å². The van der Waals surface area contributed by atoms with Crippen LogP contribution >= 0.6 is 0 Å². The van der Waals surface area contributed by atoms with Crippen molar-refractivity contribution in [2.45, 2.75) is 25.3 Å². The van der Waals surface area contributed by atoms with Crippen LogP contribution in [0.25, 0.3) is 0 Å². The molecule has 15 heavy (non-hydrogen) atoms. The summed E-state index contributed by atoms with van der Waals surface area (Å²) in [4.78, 5) is 10.1. The first-order chi connectivity index (χ1) is 6.95. The van der Waals surface area contributed by atoms with Crippen LogP contribution in [0.15, 0.2) is 12.0 Å². The van der Waals surface area contributed by atoms with E-state index in [1.54, 1.807) is 0 Å². The SMILES string of the molecule is C=CS(=O)[O-].NCCCCC(N)C(=O)O. The fraction of sp³-hybridized carbons (Fsp3) is 0.625. The van der Waals surface area contributed by atoms with Gasteiger partial charge in [-0.1, -0.05) is 13.0 Å². The average Bonchev–Trinajstić information content (AvgIpc) is 2.18. The Labute approximate surface area is 91.6 Å². The van der Waals surface area contributed by atoms with Crippen LogP contribution in [-0.2, 0) is 15.9 Å². The Kier molecular flexibility index (Phi) is 12.6. The van der Waals surface area contributed by atoms with Gasteiger partial charge >= 0.3 is 5.97 Å². The first-order valence-corrected chi connectivity index (χ1v) is 5.48. The molecule has 0 heterocycles. The van der Waals surface area contributed by atoms with E-state index in [1.807, 2.05) is 0 Å². The molecule has 0 radical (unpaired) electrons. The van der Waals surface area contributed by atoms with Gasteiger partial charge in [0, 0.05) is 0 Å². The molecule has 0 saturated heterocycles. The van der Waals surface area contributed by atoms with Crippen molar-refractivity contribution in [1.29, 1.82) is 0 Å². The van der Waals surface area contributed by atoms with Crippen molar-refractivity contribution in [3.8, 4) is 0 Å². The summed E-state index contributed by atoms with van der Waals surface area (Å²) >= 11 is -2.06. The molecule has 0 fully saturated rings. The maximum atomic E-state index is 10.1. The lowest BCUT2D eigenvalue weighted by Gasteiger charge is -2.03. The standard InChI is InChI=1S/C6H14N2O2.C2H4O2S/c7-4-2-1-3-5(8)6(9)10;1-2-5(3)4/h5H,1-4,7-8H2,(H,9,10);2H,1H2,(H,3,4)/p-1. The molecule has 2 unspecified atom stereocenters. The van der Waals surface area contributed by atoms with Gasteiger partial charge in [0.05, 0.1) is 0 Å². The van der Waals surface area contributed by atoms with Gasteiger partial charge in [0.15, 0.2) is 0 Å². The first-order valence-electron chi connectivity index (χ1n) is 4.34. The molecule has 0 aliphatic carbocycles. The van der Waals surface area contributed by atoms with Crippen LogP contribution < -0.4 is 11.5 Å². The minimum Gasteiger partial charge on any atom is -0.769 e. The summed E-state index contributed by atoms with van der Waals surface area (Å²) in [7, 11) is 0. The van der Waals surface area contributed by atoms with Crippen molar-refractivity contribution in [3.63, 3.8) is 0 Å². The smallest absolute Gasteiger partial charge is 0.320 e. The average molecular weight is 237 g/mol. The quantitative estimate of drug-likeness (QED) is 0.423. The van der Waals surface area contributed by atoms with Gasteiger partial charge in [-0.05, 0) is 35.9 Å². The molecule has 0 amide bonds. The van der Waals surface area contributed by atoms with Crippen molar-refractivity contribution >= 4 is 17.0 Å². The van der Waals surface area contributed by atoms with Crippen LogP contribution in [-0.4, -0.2) is 32.4 Å². The minimum absolute atomic E-state index is 0.520. The molecule has 0 saturated carbocycles. The van der Waals surface area contributed by atoms with Crippen molar-refractivity contribution in [2.75, 3.05) is 6.54 Å². The maximum Gasteiger partial charge on any atom is 0.320 e. The predicted octanol–water partition coefficient (Wildman–Crippen LogP) is -0.464. The topological polar surface area (TPSA) is 129 Å². The van der Waals surface area contributed by atoms with E-state index in [9.17, 15) is 13.6 Å². The Balaban J connectivity index is 0. The first kappa shape index (κ1) is 16.7. The highest BCUT2D eigenvalue weighted by Gasteiger charge is 2.09. The van der Waals surface area contributed by atoms with Gasteiger partial charge in [-0.25, -0.2) is 0 Å². The molecular formula is C8H17N2O4S-. The van der Waals surface area contributed by atoms with Gasteiger partial charge in [-0.15, -0.1) is 0 Å². The third kappa shape index (κ3) is 16.0.